The molecule has 578 valence electrons. The smallest absolute Gasteiger partial charge is 0.462 e. The SMILES string of the molecule is CCCCC/C=C\C/C=C\C/C=C\C/C=C\CCCC(=O)O[C@H](COC(=O)CCCCCCC/C=C\C=C/CCCCCC)COP(=O)(O)OC[C@H](O)COP(=O)(O)OC[C@@H](COC(=O)CCCCCCCCCCCCCCC)OC(=O)CCCCCCC/C=C\C=C/CCCCCC. The zero-order chi connectivity index (χ0) is 73.2. The molecule has 3 N–H and O–H groups in total. The van der Waals surface area contributed by atoms with Crippen LogP contribution in [-0.4, -0.2) is 96.7 Å². The van der Waals surface area contributed by atoms with E-state index in [4.69, 9.17) is 37.0 Å². The number of rotatable bonds is 74. The molecule has 0 spiro atoms. The molecule has 100 heavy (non-hydrogen) atoms. The monoisotopic (exact) mass is 1450 g/mol. The molecule has 0 fully saturated rings. The molecular weight excluding hydrogens is 1310 g/mol. The lowest BCUT2D eigenvalue weighted by Crippen LogP contribution is -2.30. The molecule has 0 bridgehead atoms. The standard InChI is InChI=1S/C81H142O17P2/c1-5-9-13-17-21-25-29-33-36-37-40-44-48-52-56-60-64-68-81(86)98-77(72-92-79(84)66-62-58-54-50-46-42-38-34-30-26-22-18-14-10-6-2)74-96-100(89,90)94-70-75(82)69-93-99(87,88)95-73-76(71-91-78(83)65-61-57-53-49-45-41-32-28-24-20-16-12-8-4)97-80(85)67-63-59-55-51-47-43-39-35-31-27-23-19-15-11-7-3/h21,25-27,30-31,33-36,38-40,44,52,56,75-77,82H,5-20,22-24,28-29,32,37,41-43,45-51,53-55,57-74H2,1-4H3,(H,87,88)(H,89,90)/b25-21-,30-26-,31-27-,36-33-,38-34-,39-35-,44-40-,56-52-/t75-,76-,77-/m1/s1. The number of aliphatic hydroxyl groups is 1. The Morgan fingerprint density at radius 1 is 0.290 bits per heavy atom. The summed E-state index contributed by atoms with van der Waals surface area (Å²) in [5.41, 5.74) is 0. The van der Waals surface area contributed by atoms with E-state index in [9.17, 15) is 43.2 Å². The van der Waals surface area contributed by atoms with Crippen LogP contribution in [0.25, 0.3) is 0 Å². The second-order valence-electron chi connectivity index (χ2n) is 26.4. The van der Waals surface area contributed by atoms with Crippen LogP contribution in [0.15, 0.2) is 97.2 Å². The first-order valence-corrected chi connectivity index (χ1v) is 42.5. The zero-order valence-corrected chi connectivity index (χ0v) is 64.9. The van der Waals surface area contributed by atoms with Gasteiger partial charge >= 0.3 is 39.5 Å². The zero-order valence-electron chi connectivity index (χ0n) is 63.1. The van der Waals surface area contributed by atoms with E-state index in [1.165, 1.54) is 128 Å². The number of allylic oxidation sites excluding steroid dienone is 16. The Bertz CT molecular complexity index is 2270. The molecule has 0 aliphatic heterocycles. The van der Waals surface area contributed by atoms with Crippen LogP contribution in [-0.2, 0) is 65.4 Å². The van der Waals surface area contributed by atoms with Gasteiger partial charge in [-0.2, -0.15) is 0 Å². The topological polar surface area (TPSA) is 237 Å². The first-order chi connectivity index (χ1) is 48.7. The molecule has 2 unspecified atom stereocenters. The number of unbranched alkanes of at least 4 members (excludes halogenated alkanes) is 34. The van der Waals surface area contributed by atoms with Gasteiger partial charge in [-0.05, 0) is 116 Å². The number of hydrogen-bond acceptors (Lipinski definition) is 15. The molecule has 0 amide bonds. The van der Waals surface area contributed by atoms with Crippen molar-refractivity contribution >= 4 is 39.5 Å². The molecule has 0 aromatic carbocycles. The van der Waals surface area contributed by atoms with E-state index in [0.717, 1.165) is 122 Å². The molecule has 0 saturated carbocycles. The van der Waals surface area contributed by atoms with Gasteiger partial charge in [0.15, 0.2) is 12.2 Å². The highest BCUT2D eigenvalue weighted by Gasteiger charge is 2.30. The predicted molar refractivity (Wildman–Crippen MR) is 409 cm³/mol. The van der Waals surface area contributed by atoms with Gasteiger partial charge in [-0.25, -0.2) is 9.13 Å². The van der Waals surface area contributed by atoms with Crippen LogP contribution in [0.3, 0.4) is 0 Å². The molecule has 0 aromatic rings. The summed E-state index contributed by atoms with van der Waals surface area (Å²) in [5, 5.41) is 10.6. The summed E-state index contributed by atoms with van der Waals surface area (Å²) in [6, 6.07) is 0. The van der Waals surface area contributed by atoms with Crippen molar-refractivity contribution in [1.29, 1.82) is 0 Å². The molecule has 0 rings (SSSR count). The fraction of sp³-hybridized carbons (Fsp3) is 0.753. The fourth-order valence-corrected chi connectivity index (χ4v) is 12.1. The van der Waals surface area contributed by atoms with E-state index in [1.807, 2.05) is 12.2 Å². The Morgan fingerprint density at radius 2 is 0.530 bits per heavy atom. The lowest BCUT2D eigenvalue weighted by atomic mass is 10.0. The molecule has 0 radical (unpaired) electrons. The first kappa shape index (κ1) is 96.0. The van der Waals surface area contributed by atoms with Crippen LogP contribution >= 0.6 is 15.6 Å². The van der Waals surface area contributed by atoms with Crippen LogP contribution < -0.4 is 0 Å². The van der Waals surface area contributed by atoms with E-state index in [0.29, 0.717) is 32.1 Å². The Balaban J connectivity index is 5.42. The van der Waals surface area contributed by atoms with Gasteiger partial charge in [0.1, 0.15) is 19.3 Å². The lowest BCUT2D eigenvalue weighted by molar-refractivity contribution is -0.161. The third kappa shape index (κ3) is 72.3. The summed E-state index contributed by atoms with van der Waals surface area (Å²) in [6.07, 6.45) is 76.8. The van der Waals surface area contributed by atoms with Gasteiger partial charge in [-0.15, -0.1) is 0 Å². The highest BCUT2D eigenvalue weighted by atomic mass is 31.2. The minimum atomic E-state index is -4.99. The number of phosphoric acid groups is 2. The maximum Gasteiger partial charge on any atom is 0.472 e. The van der Waals surface area contributed by atoms with Gasteiger partial charge in [0.05, 0.1) is 26.4 Å². The largest absolute Gasteiger partial charge is 0.472 e. The molecule has 0 aliphatic rings. The highest BCUT2D eigenvalue weighted by molar-refractivity contribution is 7.47. The number of ether oxygens (including phenoxy) is 4. The van der Waals surface area contributed by atoms with E-state index < -0.39 is 97.5 Å². The van der Waals surface area contributed by atoms with Crippen molar-refractivity contribution in [2.75, 3.05) is 39.6 Å². The molecule has 0 aromatic heterocycles. The van der Waals surface area contributed by atoms with E-state index in [2.05, 4.69) is 113 Å². The number of carbonyl (C=O) groups is 4. The van der Waals surface area contributed by atoms with Crippen LogP contribution in [0, 0.1) is 0 Å². The third-order valence-corrected chi connectivity index (χ3v) is 18.5. The second-order valence-corrected chi connectivity index (χ2v) is 29.3. The molecule has 0 aliphatic carbocycles. The Hall–Kier alpha value is -4.02. The fourth-order valence-electron chi connectivity index (χ4n) is 10.5. The second kappa shape index (κ2) is 73.3. The number of aliphatic hydroxyl groups excluding tert-OH is 1. The van der Waals surface area contributed by atoms with Crippen LogP contribution in [0.1, 0.15) is 336 Å². The minimum Gasteiger partial charge on any atom is -0.462 e. The average Bonchev–Trinajstić information content (AvgIpc) is 1.22. The Labute approximate surface area is 607 Å². The van der Waals surface area contributed by atoms with E-state index in [1.54, 1.807) is 0 Å². The van der Waals surface area contributed by atoms with Crippen molar-refractivity contribution in [3.8, 4) is 0 Å². The summed E-state index contributed by atoms with van der Waals surface area (Å²) in [4.78, 5) is 72.9. The predicted octanol–water partition coefficient (Wildman–Crippen LogP) is 22.8. The average molecular weight is 1450 g/mol. The highest BCUT2D eigenvalue weighted by Crippen LogP contribution is 2.45. The maximum atomic E-state index is 13.1. The van der Waals surface area contributed by atoms with Gasteiger partial charge in [-0.1, -0.05) is 292 Å². The van der Waals surface area contributed by atoms with Crippen LogP contribution in [0.5, 0.6) is 0 Å². The quantitative estimate of drug-likeness (QED) is 0.0128. The number of hydrogen-bond donors (Lipinski definition) is 3. The van der Waals surface area contributed by atoms with Gasteiger partial charge in [0.25, 0.3) is 0 Å². The summed E-state index contributed by atoms with van der Waals surface area (Å²) in [7, 11) is -9.97. The maximum absolute atomic E-state index is 13.1. The van der Waals surface area contributed by atoms with E-state index in [-0.39, 0.29) is 25.7 Å². The van der Waals surface area contributed by atoms with Crippen molar-refractivity contribution in [2.45, 2.75) is 354 Å². The summed E-state index contributed by atoms with van der Waals surface area (Å²) in [6.45, 7) is 4.74. The van der Waals surface area contributed by atoms with Crippen molar-refractivity contribution in [1.82, 2.24) is 0 Å². The molecular formula is C81H142O17P2. The van der Waals surface area contributed by atoms with Gasteiger partial charge < -0.3 is 33.8 Å². The Kier molecular flexibility index (Phi) is 70.4. The third-order valence-electron chi connectivity index (χ3n) is 16.6. The van der Waals surface area contributed by atoms with Crippen LogP contribution in [0.4, 0.5) is 0 Å². The van der Waals surface area contributed by atoms with Crippen molar-refractivity contribution < 1.29 is 80.2 Å². The van der Waals surface area contributed by atoms with Gasteiger partial charge in [0.2, 0.25) is 0 Å². The molecule has 19 heteroatoms. The van der Waals surface area contributed by atoms with Crippen molar-refractivity contribution in [3.05, 3.63) is 97.2 Å². The summed E-state index contributed by atoms with van der Waals surface area (Å²) < 4.78 is 68.5. The van der Waals surface area contributed by atoms with E-state index >= 15 is 0 Å². The minimum absolute atomic E-state index is 0.0156. The number of carbonyl (C=O) groups excluding carboxylic acids is 4. The molecule has 0 saturated heterocycles. The molecule has 17 nitrogen and oxygen atoms in total. The van der Waals surface area contributed by atoms with Crippen LogP contribution in [0.2, 0.25) is 0 Å². The first-order valence-electron chi connectivity index (χ1n) is 39.5. The summed E-state index contributed by atoms with van der Waals surface area (Å²) >= 11 is 0. The lowest BCUT2D eigenvalue weighted by Gasteiger charge is -2.21. The van der Waals surface area contributed by atoms with Gasteiger partial charge in [-0.3, -0.25) is 37.3 Å². The Morgan fingerprint density at radius 3 is 0.880 bits per heavy atom. The normalized spacial score (nSPS) is 14.4. The molecule has 0 heterocycles. The summed E-state index contributed by atoms with van der Waals surface area (Å²) in [5.74, 6) is -2.26. The molecule has 5 atom stereocenters. The van der Waals surface area contributed by atoms with Gasteiger partial charge in [0, 0.05) is 25.7 Å². The van der Waals surface area contributed by atoms with Crippen molar-refractivity contribution in [2.24, 2.45) is 0 Å². The number of esters is 4. The van der Waals surface area contributed by atoms with Crippen molar-refractivity contribution in [3.63, 3.8) is 0 Å². The number of phosphoric ester groups is 2.